The molecule has 8 rings (SSSR count). The highest BCUT2D eigenvalue weighted by Gasteiger charge is 2.33. The molecule has 0 aromatic heterocycles. The molecule has 96 heavy (non-hydrogen) atoms. The summed E-state index contributed by atoms with van der Waals surface area (Å²) in [5, 5.41) is 28.4. The average Bonchev–Trinajstić information content (AvgIpc) is 0.913. The summed E-state index contributed by atoms with van der Waals surface area (Å²) in [4.78, 5) is 0. The molecule has 33 heteroatoms. The van der Waals surface area contributed by atoms with Crippen LogP contribution in [-0.2, 0) is 33.2 Å². The van der Waals surface area contributed by atoms with E-state index >= 15 is 0 Å². The molecule has 536 valence electrons. The molecule has 0 bridgehead atoms. The molecule has 3 N–H and O–H groups in total. The van der Waals surface area contributed by atoms with Crippen LogP contribution in [0.1, 0.15) is 76.2 Å². The molecule has 0 amide bonds. The second-order valence-electron chi connectivity index (χ2n) is 19.0. The monoisotopic (exact) mass is 2690 g/mol. The lowest BCUT2D eigenvalue weighted by Gasteiger charge is -2.17. The molecule has 2 heterocycles. The van der Waals surface area contributed by atoms with Gasteiger partial charge in [0.05, 0.1) is 42.8 Å². The maximum atomic E-state index is 9.85. The van der Waals surface area contributed by atoms with Crippen LogP contribution in [0.15, 0.2) is 60.7 Å². The molecule has 0 saturated carbocycles. The zero-order chi connectivity index (χ0) is 71.7. The summed E-state index contributed by atoms with van der Waals surface area (Å²) in [5.41, 5.74) is 0. The van der Waals surface area contributed by atoms with Crippen LogP contribution in [0.25, 0.3) is 0 Å². The predicted octanol–water partition coefficient (Wildman–Crippen LogP) is 20.1. The summed E-state index contributed by atoms with van der Waals surface area (Å²) in [7, 11) is 0. The van der Waals surface area contributed by atoms with E-state index in [-0.39, 0.29) is 59.0 Å². The van der Waals surface area contributed by atoms with Crippen LogP contribution in [-0.4, -0.2) is 121 Å². The predicted molar refractivity (Wildman–Crippen MR) is 467 cm³/mol. The minimum Gasteiger partial charge on any atom is -0.508 e. The Kier molecular flexibility index (Phi) is 46.5. The summed E-state index contributed by atoms with van der Waals surface area (Å²) < 4.78 is 108. The lowest BCUT2D eigenvalue weighted by atomic mass is 10.3. The Morgan fingerprint density at radius 1 is 0.312 bits per heavy atom. The van der Waals surface area contributed by atoms with Crippen LogP contribution in [0.2, 0.25) is 0 Å². The smallest absolute Gasteiger partial charge is 0.246 e. The summed E-state index contributed by atoms with van der Waals surface area (Å²) >= 11 is 26.2. The van der Waals surface area contributed by atoms with E-state index in [1.54, 1.807) is 30.3 Å². The fourth-order valence-corrected chi connectivity index (χ4v) is 16.1. The zero-order valence-electron chi connectivity index (χ0n) is 53.9. The molecular weight excluding hydrogens is 2620 g/mol. The standard InChI is InChI=1S/C12H14I4O4.C12H16I2O4.C12H16O4.C9H8I4O3.C9H10I2O3.C9H10O3/c1-3-17-5-19-11-7(13)9(15)12(10(16)8(11)14)20-6-18-4-2;1-3-15-7-17-11-5-10(14)12(6-9(11)13)18-8-16-4-2;1-4-13-8-14-9-5-6-10-11(7-9)16-12(2,3)15-10;1-2-15-3-16-9-6(12)4(10)8(14)5(11)7(9)13;1-2-13-5-14-9-4-6(10)8(12)3-7(9)11;1-9(2)11-7-4-3-6(10)5-8(7)12-9/h3-6H2,1-2H3;5-6H,3-4,7-8H2,1-2H3;5-7H,4,8H2,1-3H3;14H,2-3H2,1H3;3-4,12H,2,5H2,1H3;3-5,10H,1-2H3. The molecule has 0 aliphatic carbocycles. The topological polar surface area (TPSA) is 227 Å². The van der Waals surface area contributed by atoms with E-state index in [1.807, 2.05) is 106 Å². The molecule has 6 aromatic carbocycles. The van der Waals surface area contributed by atoms with Gasteiger partial charge in [0, 0.05) is 86.1 Å². The molecule has 0 atom stereocenters. The third kappa shape index (κ3) is 32.0. The van der Waals surface area contributed by atoms with Crippen LogP contribution >= 0.6 is 271 Å². The van der Waals surface area contributed by atoms with Gasteiger partial charge in [-0.1, -0.05) is 0 Å². The first-order valence-electron chi connectivity index (χ1n) is 28.8. The summed E-state index contributed by atoms with van der Waals surface area (Å²) in [6, 6.07) is 17.6. The number of aromatic hydroxyl groups is 3. The minimum atomic E-state index is -0.615. The van der Waals surface area contributed by atoms with Crippen LogP contribution < -0.4 is 52.1 Å². The third-order valence-corrected chi connectivity index (χ3v) is 26.9. The number of ether oxygens (including phenoxy) is 18. The maximum absolute atomic E-state index is 9.85. The molecular formula is C63H74I12O21. The Bertz CT molecular complexity index is 3220. The van der Waals surface area contributed by atoms with Crippen molar-refractivity contribution in [3.63, 3.8) is 0 Å². The van der Waals surface area contributed by atoms with Crippen LogP contribution in [0.4, 0.5) is 0 Å². The van der Waals surface area contributed by atoms with Gasteiger partial charge in [-0.3, -0.25) is 0 Å². The third-order valence-electron chi connectivity index (χ3n) is 11.1. The van der Waals surface area contributed by atoms with E-state index in [2.05, 4.69) is 271 Å². The van der Waals surface area contributed by atoms with Gasteiger partial charge in [-0.05, 0) is 368 Å². The Morgan fingerprint density at radius 3 is 0.948 bits per heavy atom. The van der Waals surface area contributed by atoms with Crippen LogP contribution in [0.5, 0.6) is 80.5 Å². The first kappa shape index (κ1) is 91.2. The molecule has 0 saturated heterocycles. The molecule has 0 fully saturated rings. The fraction of sp³-hybridized carbons (Fsp3) is 0.429. The Balaban J connectivity index is 0.000000302. The molecule has 0 spiro atoms. The van der Waals surface area contributed by atoms with Gasteiger partial charge >= 0.3 is 0 Å². The van der Waals surface area contributed by atoms with Crippen molar-refractivity contribution in [2.45, 2.75) is 87.7 Å². The number of fused-ring (bicyclic) bond motifs is 2. The van der Waals surface area contributed by atoms with Gasteiger partial charge in [0.25, 0.3) is 0 Å². The lowest BCUT2D eigenvalue weighted by molar-refractivity contribution is -0.0438. The number of halogens is 12. The number of hydrogen-bond donors (Lipinski definition) is 3. The van der Waals surface area contributed by atoms with Crippen LogP contribution in [0.3, 0.4) is 0 Å². The number of hydrogen-bond acceptors (Lipinski definition) is 21. The first-order valence-corrected chi connectivity index (χ1v) is 41.7. The lowest BCUT2D eigenvalue weighted by Crippen LogP contribution is -2.29. The van der Waals surface area contributed by atoms with E-state index in [0.29, 0.717) is 75.0 Å². The van der Waals surface area contributed by atoms with Crippen LogP contribution in [0, 0.1) is 42.8 Å². The largest absolute Gasteiger partial charge is 0.508 e. The summed E-state index contributed by atoms with van der Waals surface area (Å²) in [6.07, 6.45) is 0. The number of phenols is 3. The summed E-state index contributed by atoms with van der Waals surface area (Å²) in [5.74, 6) is 7.83. The summed E-state index contributed by atoms with van der Waals surface area (Å²) in [6.45, 7) is 27.1. The average molecular weight is 2690 g/mol. The van der Waals surface area contributed by atoms with Crippen molar-refractivity contribution in [1.29, 1.82) is 0 Å². The van der Waals surface area contributed by atoms with Crippen molar-refractivity contribution in [3.8, 4) is 80.5 Å². The van der Waals surface area contributed by atoms with Gasteiger partial charge in [0.2, 0.25) is 11.6 Å². The highest BCUT2D eigenvalue weighted by Crippen LogP contribution is 2.45. The van der Waals surface area contributed by atoms with Crippen molar-refractivity contribution in [3.05, 3.63) is 104 Å². The molecule has 0 radical (unpaired) electrons. The molecule has 2 aliphatic rings. The molecule has 6 aromatic rings. The quantitative estimate of drug-likeness (QED) is 0.0180. The fourth-order valence-electron chi connectivity index (χ4n) is 6.75. The minimum absolute atomic E-state index is 0.190. The van der Waals surface area contributed by atoms with Crippen molar-refractivity contribution in [1.82, 2.24) is 0 Å². The van der Waals surface area contributed by atoms with E-state index in [0.717, 1.165) is 83.1 Å². The normalized spacial score (nSPS) is 12.4. The van der Waals surface area contributed by atoms with Gasteiger partial charge in [0.1, 0.15) is 40.2 Å². The Hall–Kier alpha value is 1.00. The molecule has 0 unspecified atom stereocenters. The Labute approximate surface area is 725 Å². The highest BCUT2D eigenvalue weighted by molar-refractivity contribution is 14.1. The van der Waals surface area contributed by atoms with Crippen molar-refractivity contribution >= 4 is 271 Å². The van der Waals surface area contributed by atoms with E-state index in [9.17, 15) is 10.2 Å². The second kappa shape index (κ2) is 49.0. The SMILES string of the molecule is CC1(C)Oc2ccc(O)cc2O1.CCOCOc1c(I)c(I)c(O)c(I)c1I.CCOCOc1c(I)c(I)c(OCOCC)c(I)c1I.CCOCOc1cc(I)c(O)cc1I.CCOCOc1cc(I)c(OCOCC)cc1I.CCOCOc1ccc2c(c1)OC(C)(C)O2. The van der Waals surface area contributed by atoms with Crippen molar-refractivity contribution in [2.24, 2.45) is 0 Å². The number of phenolic OH excluding ortho intramolecular Hbond substituents is 3. The van der Waals surface area contributed by atoms with Gasteiger partial charge in [-0.15, -0.1) is 0 Å². The van der Waals surface area contributed by atoms with Gasteiger partial charge in [-0.2, -0.15) is 0 Å². The van der Waals surface area contributed by atoms with Gasteiger partial charge in [-0.25, -0.2) is 0 Å². The van der Waals surface area contributed by atoms with E-state index in [4.69, 9.17) is 90.4 Å². The van der Waals surface area contributed by atoms with Crippen molar-refractivity contribution < 1.29 is 101 Å². The van der Waals surface area contributed by atoms with Gasteiger partial charge in [0.15, 0.2) is 87.8 Å². The van der Waals surface area contributed by atoms with Gasteiger partial charge < -0.3 is 101 Å². The second-order valence-corrected chi connectivity index (χ2v) is 32.3. The maximum Gasteiger partial charge on any atom is 0.246 e. The zero-order valence-corrected chi connectivity index (χ0v) is 79.8. The van der Waals surface area contributed by atoms with Crippen molar-refractivity contribution in [2.75, 3.05) is 93.8 Å². The molecule has 2 aliphatic heterocycles. The number of rotatable bonds is 28. The van der Waals surface area contributed by atoms with E-state index in [1.165, 1.54) is 0 Å². The Morgan fingerprint density at radius 2 is 0.594 bits per heavy atom. The highest BCUT2D eigenvalue weighted by atomic mass is 127. The molecule has 21 nitrogen and oxygen atoms in total. The van der Waals surface area contributed by atoms with E-state index < -0.39 is 11.6 Å². The first-order chi connectivity index (χ1) is 45.5. The number of benzene rings is 6.